The molecule has 0 saturated heterocycles. The fraction of sp³-hybridized carbons (Fsp3) is 0.625. The van der Waals surface area contributed by atoms with Crippen molar-refractivity contribution < 1.29 is 19.7 Å². The van der Waals surface area contributed by atoms with Crippen LogP contribution in [0.1, 0.15) is 19.8 Å². The summed E-state index contributed by atoms with van der Waals surface area (Å²) >= 11 is 0. The Balaban J connectivity index is 0. The highest BCUT2D eigenvalue weighted by atomic mass is 16.6. The predicted molar refractivity (Wildman–Crippen MR) is 46.2 cm³/mol. The molecule has 2 N–H and O–H groups in total. The van der Waals surface area contributed by atoms with Gasteiger partial charge in [-0.2, -0.15) is 0 Å². The number of rotatable bonds is 3. The summed E-state index contributed by atoms with van der Waals surface area (Å²) in [7, 11) is 1.10. The maximum Gasteiger partial charge on any atom is 0.505 e. The monoisotopic (exact) mass is 176 g/mol. The number of aliphatic hydroxyl groups is 1. The Morgan fingerprint density at radius 2 is 2.00 bits per heavy atom. The van der Waals surface area contributed by atoms with Gasteiger partial charge < -0.3 is 14.9 Å². The molecule has 0 aliphatic heterocycles. The average molecular weight is 176 g/mol. The molecule has 0 rings (SSSR count). The van der Waals surface area contributed by atoms with Gasteiger partial charge >= 0.3 is 6.16 Å². The number of methoxy groups -OCH3 is 1. The molecule has 4 nitrogen and oxygen atoms in total. The lowest BCUT2D eigenvalue weighted by Gasteiger charge is -1.79. The van der Waals surface area contributed by atoms with Gasteiger partial charge in [0.05, 0.1) is 7.11 Å². The third-order valence-corrected chi connectivity index (χ3v) is 0.873. The van der Waals surface area contributed by atoms with E-state index in [0.717, 1.165) is 20.0 Å². The molecule has 0 aliphatic carbocycles. The molecule has 0 aliphatic rings. The van der Waals surface area contributed by atoms with Gasteiger partial charge in [0, 0.05) is 6.61 Å². The normalized spacial score (nSPS) is 8.92. The van der Waals surface area contributed by atoms with E-state index in [0.29, 0.717) is 0 Å². The molecule has 0 unspecified atom stereocenters. The molecule has 72 valence electrons. The number of allylic oxidation sites excluding steroid dienone is 1. The molecule has 4 heteroatoms. The van der Waals surface area contributed by atoms with Gasteiger partial charge in [-0.3, -0.25) is 0 Å². The first-order valence-electron chi connectivity index (χ1n) is 3.71. The zero-order valence-electron chi connectivity index (χ0n) is 7.49. The van der Waals surface area contributed by atoms with E-state index in [1.165, 1.54) is 0 Å². The Labute approximate surface area is 72.5 Å². The molecular weight excluding hydrogens is 160 g/mol. The largest absolute Gasteiger partial charge is 0.505 e. The number of aliphatic hydroxyl groups excluding tert-OH is 1. The summed E-state index contributed by atoms with van der Waals surface area (Å²) in [4.78, 5) is 9.15. The van der Waals surface area contributed by atoms with Gasteiger partial charge in [-0.25, -0.2) is 4.79 Å². The smallest absolute Gasteiger partial charge is 0.450 e. The fourth-order valence-electron chi connectivity index (χ4n) is 0.359. The lowest BCUT2D eigenvalue weighted by molar-refractivity contribution is 0.114. The highest BCUT2D eigenvalue weighted by Crippen LogP contribution is 1.82. The second-order valence-corrected chi connectivity index (χ2v) is 1.86. The standard InChI is InChI=1S/C6H12O.C2H4O3/c1-2-3-4-5-6-7;1-5-2(3)4/h3-4,7H,2,5-6H2,1H3;1H3,(H,3,4)/b4-3-;. The summed E-state index contributed by atoms with van der Waals surface area (Å²) in [6.07, 6.45) is 4.66. The molecule has 0 bridgehead atoms. The summed E-state index contributed by atoms with van der Waals surface area (Å²) in [5.74, 6) is 0. The number of ether oxygens (including phenoxy) is 1. The Hall–Kier alpha value is -1.03. The van der Waals surface area contributed by atoms with Crippen molar-refractivity contribution in [2.24, 2.45) is 0 Å². The van der Waals surface area contributed by atoms with Crippen molar-refractivity contribution in [3.63, 3.8) is 0 Å². The minimum absolute atomic E-state index is 0.274. The van der Waals surface area contributed by atoms with E-state index in [4.69, 9.17) is 15.0 Å². The van der Waals surface area contributed by atoms with Gasteiger partial charge in [0.1, 0.15) is 0 Å². The SMILES string of the molecule is CC/C=C\CCO.COC(=O)O. The number of carboxylic acid groups (broad SMARTS) is 1. The molecule has 0 atom stereocenters. The van der Waals surface area contributed by atoms with Crippen molar-refractivity contribution in [3.05, 3.63) is 12.2 Å². The van der Waals surface area contributed by atoms with Gasteiger partial charge in [-0.15, -0.1) is 0 Å². The minimum atomic E-state index is -1.25. The maximum atomic E-state index is 9.15. The van der Waals surface area contributed by atoms with Crippen molar-refractivity contribution in [2.75, 3.05) is 13.7 Å². The van der Waals surface area contributed by atoms with Crippen LogP contribution in [0.25, 0.3) is 0 Å². The topological polar surface area (TPSA) is 66.8 Å². The Kier molecular flexibility index (Phi) is 14.3. The third kappa shape index (κ3) is 23.1. The van der Waals surface area contributed by atoms with Crippen molar-refractivity contribution in [1.82, 2.24) is 0 Å². The third-order valence-electron chi connectivity index (χ3n) is 0.873. The molecule has 0 aromatic rings. The average Bonchev–Trinajstić information content (AvgIpc) is 2.07. The fourth-order valence-corrected chi connectivity index (χ4v) is 0.359. The van der Waals surface area contributed by atoms with Crippen molar-refractivity contribution in [3.8, 4) is 0 Å². The second-order valence-electron chi connectivity index (χ2n) is 1.86. The number of hydrogen-bond acceptors (Lipinski definition) is 3. The van der Waals surface area contributed by atoms with E-state index >= 15 is 0 Å². The lowest BCUT2D eigenvalue weighted by Crippen LogP contribution is -1.91. The molecule has 0 spiro atoms. The minimum Gasteiger partial charge on any atom is -0.450 e. The van der Waals surface area contributed by atoms with Gasteiger partial charge in [-0.05, 0) is 12.8 Å². The van der Waals surface area contributed by atoms with E-state index in [1.807, 2.05) is 6.08 Å². The summed E-state index contributed by atoms with van der Waals surface area (Å²) in [6.45, 7) is 2.35. The second kappa shape index (κ2) is 12.6. The quantitative estimate of drug-likeness (QED) is 0.506. The predicted octanol–water partition coefficient (Wildman–Crippen LogP) is 1.65. The zero-order valence-corrected chi connectivity index (χ0v) is 7.49. The van der Waals surface area contributed by atoms with Gasteiger partial charge in [-0.1, -0.05) is 19.1 Å². The zero-order chi connectivity index (χ0) is 9.82. The van der Waals surface area contributed by atoms with Crippen LogP contribution in [0, 0.1) is 0 Å². The molecule has 0 radical (unpaired) electrons. The van der Waals surface area contributed by atoms with E-state index in [1.54, 1.807) is 0 Å². The van der Waals surface area contributed by atoms with Crippen LogP contribution in [0.15, 0.2) is 12.2 Å². The highest BCUT2D eigenvalue weighted by molar-refractivity contribution is 5.56. The van der Waals surface area contributed by atoms with E-state index < -0.39 is 6.16 Å². The summed E-state index contributed by atoms with van der Waals surface area (Å²) in [5, 5.41) is 15.7. The van der Waals surface area contributed by atoms with Gasteiger partial charge in [0.2, 0.25) is 0 Å². The summed E-state index contributed by atoms with van der Waals surface area (Å²) in [6, 6.07) is 0. The lowest BCUT2D eigenvalue weighted by atomic mass is 10.3. The van der Waals surface area contributed by atoms with Crippen LogP contribution in [0.2, 0.25) is 0 Å². The van der Waals surface area contributed by atoms with Gasteiger partial charge in [0.15, 0.2) is 0 Å². The Morgan fingerprint density at radius 1 is 1.50 bits per heavy atom. The number of carbonyl (C=O) groups is 1. The van der Waals surface area contributed by atoms with E-state index in [2.05, 4.69) is 17.7 Å². The molecule has 0 amide bonds. The number of hydrogen-bond donors (Lipinski definition) is 2. The summed E-state index contributed by atoms with van der Waals surface area (Å²) in [5.41, 5.74) is 0. The van der Waals surface area contributed by atoms with Crippen LogP contribution in [0.5, 0.6) is 0 Å². The van der Waals surface area contributed by atoms with Crippen LogP contribution in [-0.2, 0) is 4.74 Å². The van der Waals surface area contributed by atoms with Crippen LogP contribution in [0.4, 0.5) is 4.79 Å². The molecule has 0 saturated carbocycles. The Morgan fingerprint density at radius 3 is 2.25 bits per heavy atom. The van der Waals surface area contributed by atoms with Crippen LogP contribution < -0.4 is 0 Å². The van der Waals surface area contributed by atoms with E-state index in [9.17, 15) is 0 Å². The van der Waals surface area contributed by atoms with Crippen LogP contribution in [0.3, 0.4) is 0 Å². The molecular formula is C8H16O4. The van der Waals surface area contributed by atoms with Gasteiger partial charge in [0.25, 0.3) is 0 Å². The summed E-state index contributed by atoms with van der Waals surface area (Å²) < 4.78 is 3.67. The molecule has 0 fully saturated rings. The van der Waals surface area contributed by atoms with Crippen molar-refractivity contribution in [1.29, 1.82) is 0 Å². The molecule has 0 heterocycles. The van der Waals surface area contributed by atoms with Crippen LogP contribution in [-0.4, -0.2) is 30.1 Å². The molecule has 0 aromatic carbocycles. The first kappa shape index (κ1) is 13.6. The first-order chi connectivity index (χ1) is 5.68. The van der Waals surface area contributed by atoms with E-state index in [-0.39, 0.29) is 6.61 Å². The van der Waals surface area contributed by atoms with Crippen molar-refractivity contribution in [2.45, 2.75) is 19.8 Å². The highest BCUT2D eigenvalue weighted by Gasteiger charge is 1.80. The first-order valence-corrected chi connectivity index (χ1v) is 3.71. The molecule has 0 aromatic heterocycles. The van der Waals surface area contributed by atoms with Crippen molar-refractivity contribution >= 4 is 6.16 Å². The maximum absolute atomic E-state index is 9.15. The molecule has 12 heavy (non-hydrogen) atoms. The Bertz CT molecular complexity index is 120. The van der Waals surface area contributed by atoms with Crippen LogP contribution >= 0.6 is 0 Å².